The van der Waals surface area contributed by atoms with Crippen LogP contribution in [0.2, 0.25) is 0 Å². The SMILES string of the molecule is CCNC(=NCc1ccccc1CN(C)C)NCC(c1ccco1)N1CCCC1.I. The fraction of sp³-hybridized carbons (Fsp3) is 0.522. The summed E-state index contributed by atoms with van der Waals surface area (Å²) in [5.74, 6) is 1.87. The van der Waals surface area contributed by atoms with Crippen molar-refractivity contribution in [2.45, 2.75) is 38.9 Å². The zero-order valence-corrected chi connectivity index (χ0v) is 20.8. The van der Waals surface area contributed by atoms with Crippen LogP contribution in [-0.4, -0.2) is 56.0 Å². The summed E-state index contributed by atoms with van der Waals surface area (Å²) >= 11 is 0. The molecule has 7 heteroatoms. The molecule has 1 fully saturated rings. The third-order valence-electron chi connectivity index (χ3n) is 5.27. The Balaban J connectivity index is 0.00000320. The van der Waals surface area contributed by atoms with Crippen LogP contribution in [0, 0.1) is 0 Å². The Morgan fingerprint density at radius 1 is 1.10 bits per heavy atom. The molecule has 0 radical (unpaired) electrons. The van der Waals surface area contributed by atoms with E-state index in [1.165, 1.54) is 24.0 Å². The van der Waals surface area contributed by atoms with Crippen LogP contribution in [0.25, 0.3) is 0 Å². The van der Waals surface area contributed by atoms with E-state index in [1.807, 2.05) is 6.07 Å². The van der Waals surface area contributed by atoms with Gasteiger partial charge in [-0.15, -0.1) is 24.0 Å². The van der Waals surface area contributed by atoms with Crippen LogP contribution in [0.3, 0.4) is 0 Å². The molecule has 1 aliphatic heterocycles. The van der Waals surface area contributed by atoms with Crippen LogP contribution in [0.5, 0.6) is 0 Å². The van der Waals surface area contributed by atoms with E-state index >= 15 is 0 Å². The molecule has 0 bridgehead atoms. The van der Waals surface area contributed by atoms with Crippen molar-refractivity contribution in [3.05, 3.63) is 59.5 Å². The van der Waals surface area contributed by atoms with Gasteiger partial charge in [-0.3, -0.25) is 4.90 Å². The summed E-state index contributed by atoms with van der Waals surface area (Å²) in [4.78, 5) is 9.55. The van der Waals surface area contributed by atoms with Gasteiger partial charge in [0.1, 0.15) is 5.76 Å². The molecule has 1 saturated heterocycles. The Bertz CT molecular complexity index is 757. The van der Waals surface area contributed by atoms with E-state index in [-0.39, 0.29) is 30.0 Å². The largest absolute Gasteiger partial charge is 0.468 e. The zero-order valence-electron chi connectivity index (χ0n) is 18.4. The summed E-state index contributed by atoms with van der Waals surface area (Å²) in [6.45, 7) is 7.54. The molecule has 166 valence electrons. The number of hydrogen-bond acceptors (Lipinski definition) is 4. The van der Waals surface area contributed by atoms with E-state index in [9.17, 15) is 0 Å². The van der Waals surface area contributed by atoms with Crippen molar-refractivity contribution in [3.63, 3.8) is 0 Å². The predicted molar refractivity (Wildman–Crippen MR) is 134 cm³/mol. The number of hydrogen-bond donors (Lipinski definition) is 2. The van der Waals surface area contributed by atoms with Crippen molar-refractivity contribution in [2.24, 2.45) is 4.99 Å². The van der Waals surface area contributed by atoms with Gasteiger partial charge in [-0.2, -0.15) is 0 Å². The molecule has 6 nitrogen and oxygen atoms in total. The number of benzene rings is 1. The fourth-order valence-electron chi connectivity index (χ4n) is 3.85. The number of rotatable bonds is 9. The standard InChI is InChI=1S/C23H35N5O.HI/c1-4-24-23(25-16-19-10-5-6-11-20(19)18-27(2)3)26-17-21(22-12-9-15-29-22)28-13-7-8-14-28;/h5-6,9-12,15,21H,4,7-8,13-14,16-18H2,1-3H3,(H2,24,25,26);1H. The maximum Gasteiger partial charge on any atom is 0.191 e. The zero-order chi connectivity index (χ0) is 20.5. The van der Waals surface area contributed by atoms with Crippen molar-refractivity contribution in [2.75, 3.05) is 40.3 Å². The van der Waals surface area contributed by atoms with Gasteiger partial charge in [-0.25, -0.2) is 4.99 Å². The average molecular weight is 525 g/mol. The second-order valence-corrected chi connectivity index (χ2v) is 7.86. The topological polar surface area (TPSA) is 56.0 Å². The van der Waals surface area contributed by atoms with Gasteiger partial charge in [-0.05, 0) is 70.2 Å². The highest BCUT2D eigenvalue weighted by Crippen LogP contribution is 2.24. The van der Waals surface area contributed by atoms with Gasteiger partial charge in [0, 0.05) is 19.6 Å². The van der Waals surface area contributed by atoms with Crippen molar-refractivity contribution >= 4 is 29.9 Å². The monoisotopic (exact) mass is 525 g/mol. The summed E-state index contributed by atoms with van der Waals surface area (Å²) in [6.07, 6.45) is 4.28. The van der Waals surface area contributed by atoms with Crippen molar-refractivity contribution in [1.29, 1.82) is 0 Å². The number of furan rings is 1. The van der Waals surface area contributed by atoms with Gasteiger partial charge in [-0.1, -0.05) is 24.3 Å². The molecule has 0 aliphatic carbocycles. The quantitative estimate of drug-likeness (QED) is 0.296. The third kappa shape index (κ3) is 7.28. The summed E-state index contributed by atoms with van der Waals surface area (Å²) in [7, 11) is 4.19. The summed E-state index contributed by atoms with van der Waals surface area (Å²) in [5, 5.41) is 6.93. The molecular formula is C23H36IN5O. The van der Waals surface area contributed by atoms with E-state index in [4.69, 9.17) is 9.41 Å². The Morgan fingerprint density at radius 3 is 2.47 bits per heavy atom. The minimum absolute atomic E-state index is 0. The molecule has 1 aromatic carbocycles. The minimum Gasteiger partial charge on any atom is -0.468 e. The number of likely N-dealkylation sites (tertiary alicyclic amines) is 1. The molecule has 0 spiro atoms. The van der Waals surface area contributed by atoms with Gasteiger partial charge in [0.15, 0.2) is 5.96 Å². The number of nitrogens with zero attached hydrogens (tertiary/aromatic N) is 3. The van der Waals surface area contributed by atoms with Gasteiger partial charge in [0.2, 0.25) is 0 Å². The van der Waals surface area contributed by atoms with Crippen LogP contribution in [0.15, 0.2) is 52.1 Å². The number of nitrogens with one attached hydrogen (secondary N) is 2. The van der Waals surface area contributed by atoms with E-state index in [0.717, 1.165) is 44.4 Å². The van der Waals surface area contributed by atoms with Gasteiger partial charge in [0.05, 0.1) is 18.8 Å². The molecule has 1 aliphatic rings. The van der Waals surface area contributed by atoms with Crippen LogP contribution in [0.1, 0.15) is 42.7 Å². The van der Waals surface area contributed by atoms with E-state index in [2.05, 4.69) is 71.8 Å². The lowest BCUT2D eigenvalue weighted by Crippen LogP contribution is -2.42. The van der Waals surface area contributed by atoms with Gasteiger partial charge in [0.25, 0.3) is 0 Å². The molecule has 0 amide bonds. The second-order valence-electron chi connectivity index (χ2n) is 7.86. The minimum atomic E-state index is 0. The van der Waals surface area contributed by atoms with Crippen LogP contribution >= 0.6 is 24.0 Å². The first-order chi connectivity index (χ1) is 14.2. The van der Waals surface area contributed by atoms with Crippen LogP contribution in [-0.2, 0) is 13.1 Å². The number of halogens is 1. The van der Waals surface area contributed by atoms with E-state index < -0.39 is 0 Å². The lowest BCUT2D eigenvalue weighted by molar-refractivity contribution is 0.215. The molecular weight excluding hydrogens is 489 g/mol. The number of aliphatic imine (C=N–C) groups is 1. The highest BCUT2D eigenvalue weighted by molar-refractivity contribution is 14.0. The predicted octanol–water partition coefficient (Wildman–Crippen LogP) is 3.85. The van der Waals surface area contributed by atoms with Crippen molar-refractivity contribution in [1.82, 2.24) is 20.4 Å². The Morgan fingerprint density at radius 2 is 1.83 bits per heavy atom. The second kappa shape index (κ2) is 13.0. The molecule has 1 unspecified atom stereocenters. The van der Waals surface area contributed by atoms with E-state index in [0.29, 0.717) is 6.54 Å². The molecule has 2 aromatic rings. The maximum atomic E-state index is 5.74. The Labute approximate surface area is 198 Å². The molecule has 1 aromatic heterocycles. The van der Waals surface area contributed by atoms with Crippen LogP contribution in [0.4, 0.5) is 0 Å². The lowest BCUT2D eigenvalue weighted by atomic mass is 10.1. The smallest absolute Gasteiger partial charge is 0.191 e. The first-order valence-electron chi connectivity index (χ1n) is 10.7. The van der Waals surface area contributed by atoms with Crippen molar-refractivity contribution in [3.8, 4) is 0 Å². The molecule has 0 saturated carbocycles. The van der Waals surface area contributed by atoms with Gasteiger partial charge < -0.3 is 20.0 Å². The Hall–Kier alpha value is -1.58. The molecule has 3 rings (SSSR count). The van der Waals surface area contributed by atoms with Crippen LogP contribution < -0.4 is 10.6 Å². The normalized spacial score (nSPS) is 15.8. The first kappa shape index (κ1) is 24.7. The fourth-order valence-corrected chi connectivity index (χ4v) is 3.85. The molecule has 2 N–H and O–H groups in total. The lowest BCUT2D eigenvalue weighted by Gasteiger charge is -2.26. The molecule has 1 atom stereocenters. The molecule has 30 heavy (non-hydrogen) atoms. The first-order valence-corrected chi connectivity index (χ1v) is 10.7. The van der Waals surface area contributed by atoms with Crippen molar-refractivity contribution < 1.29 is 4.42 Å². The highest BCUT2D eigenvalue weighted by atomic mass is 127. The summed E-state index contributed by atoms with van der Waals surface area (Å²) in [5.41, 5.74) is 2.59. The summed E-state index contributed by atoms with van der Waals surface area (Å²) in [6, 6.07) is 12.8. The third-order valence-corrected chi connectivity index (χ3v) is 5.27. The maximum absolute atomic E-state index is 5.74. The number of guanidine groups is 1. The Kier molecular flexibility index (Phi) is 10.7. The highest BCUT2D eigenvalue weighted by Gasteiger charge is 2.25. The van der Waals surface area contributed by atoms with Gasteiger partial charge >= 0.3 is 0 Å². The van der Waals surface area contributed by atoms with E-state index in [1.54, 1.807) is 6.26 Å². The molecule has 2 heterocycles. The summed E-state index contributed by atoms with van der Waals surface area (Å²) < 4.78 is 5.74. The average Bonchev–Trinajstić information content (AvgIpc) is 3.41.